The van der Waals surface area contributed by atoms with Crippen LogP contribution >= 0.6 is 0 Å². The van der Waals surface area contributed by atoms with E-state index in [4.69, 9.17) is 4.74 Å². The van der Waals surface area contributed by atoms with Crippen molar-refractivity contribution in [2.24, 2.45) is 0 Å². The molecule has 0 saturated carbocycles. The monoisotopic (exact) mass is 222 g/mol. The van der Waals surface area contributed by atoms with E-state index in [1.165, 1.54) is 0 Å². The van der Waals surface area contributed by atoms with Gasteiger partial charge in [0.2, 0.25) is 0 Å². The summed E-state index contributed by atoms with van der Waals surface area (Å²) in [7, 11) is 0. The van der Waals surface area contributed by atoms with Crippen LogP contribution in [0.25, 0.3) is 0 Å². The fourth-order valence-corrected chi connectivity index (χ4v) is 1.07. The van der Waals surface area contributed by atoms with Gasteiger partial charge in [-0.2, -0.15) is 0 Å². The molecule has 0 atom stereocenters. The third-order valence-electron chi connectivity index (χ3n) is 1.88. The molecule has 0 aromatic heterocycles. The van der Waals surface area contributed by atoms with Crippen molar-refractivity contribution in [2.75, 3.05) is 0 Å². The maximum atomic E-state index is 11.1. The number of carbonyl (C=O) groups excluding carboxylic acids is 2. The third-order valence-corrected chi connectivity index (χ3v) is 1.88. The first-order chi connectivity index (χ1) is 7.72. The van der Waals surface area contributed by atoms with Crippen LogP contribution in [0.1, 0.15) is 26.2 Å². The van der Waals surface area contributed by atoms with Gasteiger partial charge in [-0.25, -0.2) is 4.79 Å². The lowest BCUT2D eigenvalue weighted by atomic mass is 10.3. The third kappa shape index (κ3) is 4.59. The summed E-state index contributed by atoms with van der Waals surface area (Å²) in [5, 5.41) is 0. The molecule has 0 unspecified atom stereocenters. The Morgan fingerprint density at radius 2 is 1.88 bits per heavy atom. The predicted molar refractivity (Wildman–Crippen MR) is 58.1 cm³/mol. The number of esters is 1. The SMILES string of the molecule is CCCCC(=O)OC(=O)Oc1ccccc1. The summed E-state index contributed by atoms with van der Waals surface area (Å²) in [5.41, 5.74) is 0. The van der Waals surface area contributed by atoms with Gasteiger partial charge in [-0.3, -0.25) is 4.79 Å². The molecule has 1 rings (SSSR count). The Morgan fingerprint density at radius 1 is 1.19 bits per heavy atom. The molecule has 0 spiro atoms. The molecule has 4 heteroatoms. The van der Waals surface area contributed by atoms with Crippen molar-refractivity contribution in [1.82, 2.24) is 0 Å². The van der Waals surface area contributed by atoms with E-state index in [-0.39, 0.29) is 6.42 Å². The molecule has 1 aromatic rings. The van der Waals surface area contributed by atoms with Crippen molar-refractivity contribution in [3.63, 3.8) is 0 Å². The topological polar surface area (TPSA) is 52.6 Å². The van der Waals surface area contributed by atoms with Crippen LogP contribution in [-0.4, -0.2) is 12.1 Å². The summed E-state index contributed by atoms with van der Waals surface area (Å²) >= 11 is 0. The van der Waals surface area contributed by atoms with E-state index < -0.39 is 12.1 Å². The highest BCUT2D eigenvalue weighted by Gasteiger charge is 2.11. The standard InChI is InChI=1S/C12H14O4/c1-2-3-9-11(13)16-12(14)15-10-7-5-4-6-8-10/h4-8H,2-3,9H2,1H3. The van der Waals surface area contributed by atoms with Gasteiger partial charge >= 0.3 is 12.1 Å². The summed E-state index contributed by atoms with van der Waals surface area (Å²) in [6.07, 6.45) is 0.841. The lowest BCUT2D eigenvalue weighted by molar-refractivity contribution is -0.138. The Morgan fingerprint density at radius 3 is 2.50 bits per heavy atom. The zero-order chi connectivity index (χ0) is 11.8. The molecule has 0 bridgehead atoms. The fraction of sp³-hybridized carbons (Fsp3) is 0.333. The lowest BCUT2D eigenvalue weighted by Crippen LogP contribution is -2.15. The maximum Gasteiger partial charge on any atom is 0.521 e. The molecule has 4 nitrogen and oxygen atoms in total. The first-order valence-corrected chi connectivity index (χ1v) is 5.20. The van der Waals surface area contributed by atoms with Crippen molar-refractivity contribution in [2.45, 2.75) is 26.2 Å². The molecule has 1 aromatic carbocycles. The highest BCUT2D eigenvalue weighted by atomic mass is 16.7. The van der Waals surface area contributed by atoms with Crippen LogP contribution in [0.15, 0.2) is 30.3 Å². The minimum atomic E-state index is -0.979. The first-order valence-electron chi connectivity index (χ1n) is 5.20. The van der Waals surface area contributed by atoms with Crippen molar-refractivity contribution in [3.8, 4) is 5.75 Å². The Hall–Kier alpha value is -1.84. The number of unbranched alkanes of at least 4 members (excludes halogenated alkanes) is 1. The van der Waals surface area contributed by atoms with Crippen LogP contribution in [0, 0.1) is 0 Å². The van der Waals surface area contributed by atoms with Gasteiger partial charge in [0.25, 0.3) is 0 Å². The zero-order valence-corrected chi connectivity index (χ0v) is 9.14. The normalized spacial score (nSPS) is 9.56. The van der Waals surface area contributed by atoms with Crippen molar-refractivity contribution < 1.29 is 19.1 Å². The van der Waals surface area contributed by atoms with Crippen LogP contribution in [0.2, 0.25) is 0 Å². The molecule has 0 aliphatic heterocycles. The molecule has 86 valence electrons. The van der Waals surface area contributed by atoms with Crippen LogP contribution in [-0.2, 0) is 9.53 Å². The largest absolute Gasteiger partial charge is 0.521 e. The van der Waals surface area contributed by atoms with Crippen LogP contribution < -0.4 is 4.74 Å². The second kappa shape index (κ2) is 6.61. The molecule has 16 heavy (non-hydrogen) atoms. The lowest BCUT2D eigenvalue weighted by Gasteiger charge is -2.03. The minimum Gasteiger partial charge on any atom is -0.395 e. The van der Waals surface area contributed by atoms with E-state index in [0.29, 0.717) is 12.2 Å². The highest BCUT2D eigenvalue weighted by molar-refractivity contribution is 5.82. The number of hydrogen-bond acceptors (Lipinski definition) is 4. The summed E-state index contributed by atoms with van der Waals surface area (Å²) in [5.74, 6) is -0.196. The number of rotatable bonds is 4. The van der Waals surface area contributed by atoms with Crippen LogP contribution in [0.3, 0.4) is 0 Å². The van der Waals surface area contributed by atoms with Gasteiger partial charge in [0.15, 0.2) is 0 Å². The Balaban J connectivity index is 2.34. The number of para-hydroxylation sites is 1. The molecular formula is C12H14O4. The molecular weight excluding hydrogens is 208 g/mol. The molecule has 0 amide bonds. The molecule has 0 fully saturated rings. The first kappa shape index (κ1) is 12.2. The van der Waals surface area contributed by atoms with Gasteiger partial charge in [-0.15, -0.1) is 0 Å². The number of benzene rings is 1. The van der Waals surface area contributed by atoms with Crippen molar-refractivity contribution in [3.05, 3.63) is 30.3 Å². The summed E-state index contributed by atoms with van der Waals surface area (Å²) in [6.45, 7) is 1.95. The van der Waals surface area contributed by atoms with E-state index >= 15 is 0 Å². The average Bonchev–Trinajstić information content (AvgIpc) is 2.27. The minimum absolute atomic E-state index is 0.236. The zero-order valence-electron chi connectivity index (χ0n) is 9.14. The average molecular weight is 222 g/mol. The van der Waals surface area contributed by atoms with Crippen LogP contribution in [0.4, 0.5) is 4.79 Å². The Bertz CT molecular complexity index is 345. The Labute approximate surface area is 94.2 Å². The van der Waals surface area contributed by atoms with Crippen LogP contribution in [0.5, 0.6) is 5.75 Å². The van der Waals surface area contributed by atoms with E-state index in [0.717, 1.165) is 6.42 Å². The summed E-state index contributed by atoms with van der Waals surface area (Å²) in [4.78, 5) is 22.2. The second-order valence-corrected chi connectivity index (χ2v) is 3.24. The second-order valence-electron chi connectivity index (χ2n) is 3.24. The van der Waals surface area contributed by atoms with Gasteiger partial charge in [0.05, 0.1) is 0 Å². The highest BCUT2D eigenvalue weighted by Crippen LogP contribution is 2.09. The Kier molecular flexibility index (Phi) is 5.05. The molecule has 0 saturated heterocycles. The van der Waals surface area contributed by atoms with E-state index in [1.54, 1.807) is 30.3 Å². The van der Waals surface area contributed by atoms with Gasteiger partial charge in [-0.05, 0) is 18.6 Å². The number of carbonyl (C=O) groups is 2. The maximum absolute atomic E-state index is 11.1. The number of ether oxygens (including phenoxy) is 2. The quantitative estimate of drug-likeness (QED) is 0.446. The van der Waals surface area contributed by atoms with Gasteiger partial charge < -0.3 is 9.47 Å². The predicted octanol–water partition coefficient (Wildman–Crippen LogP) is 2.92. The van der Waals surface area contributed by atoms with Gasteiger partial charge in [-0.1, -0.05) is 31.5 Å². The van der Waals surface area contributed by atoms with E-state index in [1.807, 2.05) is 6.92 Å². The molecule has 0 aliphatic rings. The molecule has 0 N–H and O–H groups in total. The molecule has 0 radical (unpaired) electrons. The summed E-state index contributed by atoms with van der Waals surface area (Å²) < 4.78 is 9.24. The molecule has 0 heterocycles. The molecule has 0 aliphatic carbocycles. The van der Waals surface area contributed by atoms with Gasteiger partial charge in [0, 0.05) is 6.42 Å². The van der Waals surface area contributed by atoms with Crippen molar-refractivity contribution >= 4 is 12.1 Å². The van der Waals surface area contributed by atoms with E-state index in [9.17, 15) is 9.59 Å². The van der Waals surface area contributed by atoms with Gasteiger partial charge in [0.1, 0.15) is 5.75 Å². The number of hydrogen-bond donors (Lipinski definition) is 0. The summed E-state index contributed by atoms with van der Waals surface area (Å²) in [6, 6.07) is 8.46. The smallest absolute Gasteiger partial charge is 0.395 e. The fourth-order valence-electron chi connectivity index (χ4n) is 1.07. The van der Waals surface area contributed by atoms with Crippen molar-refractivity contribution in [1.29, 1.82) is 0 Å². The van der Waals surface area contributed by atoms with E-state index in [2.05, 4.69) is 4.74 Å².